The van der Waals surface area contributed by atoms with E-state index in [0.717, 1.165) is 17.8 Å². The van der Waals surface area contributed by atoms with Crippen molar-refractivity contribution in [2.45, 2.75) is 57.4 Å². The second kappa shape index (κ2) is 6.66. The van der Waals surface area contributed by atoms with E-state index in [-0.39, 0.29) is 17.9 Å². The summed E-state index contributed by atoms with van der Waals surface area (Å²) in [6, 6.07) is 0.167. The first-order chi connectivity index (χ1) is 10.7. The summed E-state index contributed by atoms with van der Waals surface area (Å²) < 4.78 is 0. The minimum atomic E-state index is 0.0185. The number of amides is 1. The van der Waals surface area contributed by atoms with Gasteiger partial charge in [-0.15, -0.1) is 11.3 Å². The largest absolute Gasteiger partial charge is 0.321 e. The van der Waals surface area contributed by atoms with Gasteiger partial charge in [-0.3, -0.25) is 4.79 Å². The van der Waals surface area contributed by atoms with Crippen LogP contribution in [0.3, 0.4) is 0 Å². The summed E-state index contributed by atoms with van der Waals surface area (Å²) >= 11 is 1.62. The molecule has 22 heavy (non-hydrogen) atoms. The minimum absolute atomic E-state index is 0.0185. The number of nitriles is 1. The predicted molar refractivity (Wildman–Crippen MR) is 86.4 cm³/mol. The Labute approximate surface area is 135 Å². The number of hydrogen-bond acceptors (Lipinski definition) is 5. The summed E-state index contributed by atoms with van der Waals surface area (Å²) in [5, 5.41) is 16.2. The smallest absolute Gasteiger partial charge is 0.228 e. The van der Waals surface area contributed by atoms with E-state index < -0.39 is 0 Å². The van der Waals surface area contributed by atoms with Crippen molar-refractivity contribution in [2.24, 2.45) is 11.8 Å². The molecule has 0 bridgehead atoms. The molecule has 0 aromatic carbocycles. The molecular weight excluding hydrogens is 296 g/mol. The van der Waals surface area contributed by atoms with Crippen molar-refractivity contribution in [3.8, 4) is 6.19 Å². The Kier molecular flexibility index (Phi) is 4.63. The molecule has 2 aliphatic carbocycles. The molecule has 1 amide bonds. The van der Waals surface area contributed by atoms with Gasteiger partial charge in [-0.2, -0.15) is 5.26 Å². The van der Waals surface area contributed by atoms with Crippen molar-refractivity contribution < 1.29 is 4.79 Å². The van der Waals surface area contributed by atoms with Crippen molar-refractivity contribution in [2.75, 3.05) is 5.32 Å². The molecule has 0 saturated heterocycles. The molecular formula is C16H22N4OS. The van der Waals surface area contributed by atoms with Crippen LogP contribution >= 0.6 is 11.3 Å². The molecule has 0 aliphatic heterocycles. The van der Waals surface area contributed by atoms with Gasteiger partial charge in [0, 0.05) is 17.9 Å². The first-order valence-electron chi connectivity index (χ1n) is 8.08. The number of nitrogens with one attached hydrogen (secondary N) is 2. The lowest BCUT2D eigenvalue weighted by molar-refractivity contribution is -0.122. The van der Waals surface area contributed by atoms with Gasteiger partial charge in [0.05, 0.1) is 11.2 Å². The molecule has 6 heteroatoms. The molecule has 0 spiro atoms. The molecule has 2 atom stereocenters. The van der Waals surface area contributed by atoms with Gasteiger partial charge in [-0.05, 0) is 25.2 Å². The van der Waals surface area contributed by atoms with E-state index in [1.165, 1.54) is 30.7 Å². The van der Waals surface area contributed by atoms with Crippen LogP contribution in [-0.4, -0.2) is 16.9 Å². The van der Waals surface area contributed by atoms with E-state index in [2.05, 4.69) is 22.5 Å². The molecule has 2 aliphatic rings. The molecule has 2 N–H and O–H groups in total. The molecule has 1 aromatic heterocycles. The van der Waals surface area contributed by atoms with Gasteiger partial charge in [0.2, 0.25) is 5.91 Å². The Morgan fingerprint density at radius 2 is 2.18 bits per heavy atom. The lowest BCUT2D eigenvalue weighted by atomic mass is 9.80. The fourth-order valence-electron chi connectivity index (χ4n) is 3.46. The molecule has 2 saturated carbocycles. The number of hydrogen-bond donors (Lipinski definition) is 2. The van der Waals surface area contributed by atoms with Gasteiger partial charge >= 0.3 is 0 Å². The van der Waals surface area contributed by atoms with Crippen molar-refractivity contribution in [1.29, 1.82) is 5.26 Å². The fraction of sp³-hybridized carbons (Fsp3) is 0.688. The van der Waals surface area contributed by atoms with Crippen LogP contribution in [0.25, 0.3) is 0 Å². The minimum Gasteiger partial charge on any atom is -0.321 e. The normalized spacial score (nSPS) is 30.9. The lowest BCUT2D eigenvalue weighted by Crippen LogP contribution is -2.44. The highest BCUT2D eigenvalue weighted by molar-refractivity contribution is 7.15. The maximum Gasteiger partial charge on any atom is 0.228 e. The van der Waals surface area contributed by atoms with Crippen LogP contribution in [0.1, 0.15) is 56.4 Å². The number of rotatable bonds is 4. The average Bonchev–Trinajstić information content (AvgIpc) is 2.91. The Bertz CT molecular complexity index is 573. The van der Waals surface area contributed by atoms with Gasteiger partial charge < -0.3 is 10.6 Å². The van der Waals surface area contributed by atoms with Gasteiger partial charge in [0.15, 0.2) is 6.19 Å². The standard InChI is InChI=1S/C16H22N4OS/c1-10-4-2-3-5-13(10)16-18-8-14(22-16)20-15(21)11-6-12(7-11)19-9-17/h8,10-13,19H,2-7H2,1H3,(H,20,21)/t10-,11?,12?,13?/m0/s1. The summed E-state index contributed by atoms with van der Waals surface area (Å²) in [6.45, 7) is 2.31. The topological polar surface area (TPSA) is 77.8 Å². The molecule has 1 aromatic rings. The van der Waals surface area contributed by atoms with Crippen LogP contribution in [0.5, 0.6) is 0 Å². The Morgan fingerprint density at radius 3 is 2.91 bits per heavy atom. The monoisotopic (exact) mass is 318 g/mol. The summed E-state index contributed by atoms with van der Waals surface area (Å²) in [7, 11) is 0. The second-order valence-corrected chi connectivity index (χ2v) is 7.60. The maximum atomic E-state index is 12.2. The van der Waals surface area contributed by atoms with Crippen LogP contribution in [0, 0.1) is 23.3 Å². The van der Waals surface area contributed by atoms with E-state index in [4.69, 9.17) is 5.26 Å². The summed E-state index contributed by atoms with van der Waals surface area (Å²) in [6.07, 6.45) is 10.3. The highest BCUT2D eigenvalue weighted by Gasteiger charge is 2.34. The molecule has 1 unspecified atom stereocenters. The third-order valence-corrected chi connectivity index (χ3v) is 6.02. The number of carbonyl (C=O) groups is 1. The molecule has 5 nitrogen and oxygen atoms in total. The molecule has 3 rings (SSSR count). The number of anilines is 1. The third-order valence-electron chi connectivity index (χ3n) is 4.98. The average molecular weight is 318 g/mol. The highest BCUT2D eigenvalue weighted by atomic mass is 32.1. The van der Waals surface area contributed by atoms with Crippen LogP contribution in [0.2, 0.25) is 0 Å². The van der Waals surface area contributed by atoms with E-state index in [0.29, 0.717) is 11.8 Å². The first-order valence-corrected chi connectivity index (χ1v) is 8.90. The van der Waals surface area contributed by atoms with Crippen LogP contribution < -0.4 is 10.6 Å². The first kappa shape index (κ1) is 15.3. The van der Waals surface area contributed by atoms with E-state index in [9.17, 15) is 4.79 Å². The Balaban J connectivity index is 1.54. The van der Waals surface area contributed by atoms with Crippen molar-refractivity contribution in [1.82, 2.24) is 10.3 Å². The van der Waals surface area contributed by atoms with E-state index in [1.807, 2.05) is 6.19 Å². The molecule has 0 radical (unpaired) electrons. The third kappa shape index (κ3) is 3.25. The number of nitrogens with zero attached hydrogens (tertiary/aromatic N) is 2. The molecule has 1 heterocycles. The summed E-state index contributed by atoms with van der Waals surface area (Å²) in [5.74, 6) is 1.32. The number of carbonyl (C=O) groups excluding carboxylic acids is 1. The second-order valence-electron chi connectivity index (χ2n) is 6.54. The highest BCUT2D eigenvalue weighted by Crippen LogP contribution is 2.40. The lowest BCUT2D eigenvalue weighted by Gasteiger charge is -2.32. The van der Waals surface area contributed by atoms with Gasteiger partial charge in [0.1, 0.15) is 5.00 Å². The van der Waals surface area contributed by atoms with E-state index in [1.54, 1.807) is 17.5 Å². The van der Waals surface area contributed by atoms with Gasteiger partial charge in [-0.25, -0.2) is 4.98 Å². The van der Waals surface area contributed by atoms with Crippen LogP contribution in [0.15, 0.2) is 6.20 Å². The molecule has 118 valence electrons. The summed E-state index contributed by atoms with van der Waals surface area (Å²) in [5.41, 5.74) is 0. The van der Waals surface area contributed by atoms with Crippen molar-refractivity contribution in [3.63, 3.8) is 0 Å². The molecule has 2 fully saturated rings. The quantitative estimate of drug-likeness (QED) is 0.660. The Hall–Kier alpha value is -1.61. The SMILES string of the molecule is C[C@H]1CCCCC1c1ncc(NC(=O)C2CC(NC#N)C2)s1. The van der Waals surface area contributed by atoms with Crippen LogP contribution in [0.4, 0.5) is 5.00 Å². The predicted octanol–water partition coefficient (Wildman–Crippen LogP) is 3.22. The zero-order valence-electron chi connectivity index (χ0n) is 12.8. The van der Waals surface area contributed by atoms with Crippen LogP contribution in [-0.2, 0) is 4.79 Å². The van der Waals surface area contributed by atoms with Crippen molar-refractivity contribution >= 4 is 22.2 Å². The zero-order valence-corrected chi connectivity index (χ0v) is 13.7. The van der Waals surface area contributed by atoms with Crippen molar-refractivity contribution in [3.05, 3.63) is 11.2 Å². The summed E-state index contributed by atoms with van der Waals surface area (Å²) in [4.78, 5) is 16.7. The number of thiazole rings is 1. The van der Waals surface area contributed by atoms with Gasteiger partial charge in [0.25, 0.3) is 0 Å². The number of aromatic nitrogens is 1. The van der Waals surface area contributed by atoms with Gasteiger partial charge in [-0.1, -0.05) is 26.2 Å². The maximum absolute atomic E-state index is 12.2. The fourth-order valence-corrected chi connectivity index (χ4v) is 4.55. The zero-order chi connectivity index (χ0) is 15.5. The van der Waals surface area contributed by atoms with E-state index >= 15 is 0 Å². The Morgan fingerprint density at radius 1 is 1.41 bits per heavy atom.